The van der Waals surface area contributed by atoms with Crippen LogP contribution in [0.1, 0.15) is 12.5 Å². The SMILES string of the molecule is CCN(C)c1ccc(CCO)cn1. The van der Waals surface area contributed by atoms with Gasteiger partial charge in [-0.3, -0.25) is 0 Å². The van der Waals surface area contributed by atoms with Crippen molar-refractivity contribution in [1.82, 2.24) is 4.98 Å². The van der Waals surface area contributed by atoms with E-state index >= 15 is 0 Å². The van der Waals surface area contributed by atoms with Crippen molar-refractivity contribution in [2.45, 2.75) is 13.3 Å². The molecule has 13 heavy (non-hydrogen) atoms. The van der Waals surface area contributed by atoms with Gasteiger partial charge in [-0.05, 0) is 25.0 Å². The van der Waals surface area contributed by atoms with Crippen LogP contribution in [0.3, 0.4) is 0 Å². The first-order chi connectivity index (χ1) is 6.27. The van der Waals surface area contributed by atoms with Crippen LogP contribution in [0.2, 0.25) is 0 Å². The van der Waals surface area contributed by atoms with Crippen LogP contribution < -0.4 is 4.90 Å². The van der Waals surface area contributed by atoms with Gasteiger partial charge in [0.05, 0.1) is 0 Å². The standard InChI is InChI=1S/C10H16N2O/c1-3-12(2)10-5-4-9(6-7-13)8-11-10/h4-5,8,13H,3,6-7H2,1-2H3. The first kappa shape index (κ1) is 9.99. The van der Waals surface area contributed by atoms with Gasteiger partial charge in [-0.25, -0.2) is 4.98 Å². The average molecular weight is 180 g/mol. The smallest absolute Gasteiger partial charge is 0.128 e. The molecule has 1 N–H and O–H groups in total. The highest BCUT2D eigenvalue weighted by molar-refractivity contribution is 5.37. The molecular weight excluding hydrogens is 164 g/mol. The van der Waals surface area contributed by atoms with E-state index in [-0.39, 0.29) is 6.61 Å². The molecule has 0 aliphatic carbocycles. The van der Waals surface area contributed by atoms with Gasteiger partial charge in [0.15, 0.2) is 0 Å². The van der Waals surface area contributed by atoms with Crippen molar-refractivity contribution in [3.8, 4) is 0 Å². The summed E-state index contributed by atoms with van der Waals surface area (Å²) in [6.07, 6.45) is 2.50. The molecule has 0 saturated carbocycles. The van der Waals surface area contributed by atoms with Crippen molar-refractivity contribution in [2.24, 2.45) is 0 Å². The molecule has 1 heterocycles. The molecule has 0 aliphatic rings. The fourth-order valence-corrected chi connectivity index (χ4v) is 1.08. The maximum absolute atomic E-state index is 8.71. The first-order valence-electron chi connectivity index (χ1n) is 4.55. The Kier molecular flexibility index (Phi) is 3.71. The van der Waals surface area contributed by atoms with Crippen molar-refractivity contribution in [2.75, 3.05) is 25.1 Å². The van der Waals surface area contributed by atoms with Crippen molar-refractivity contribution in [3.05, 3.63) is 23.9 Å². The molecule has 0 unspecified atom stereocenters. The van der Waals surface area contributed by atoms with Crippen LogP contribution in [-0.4, -0.2) is 30.3 Å². The summed E-state index contributed by atoms with van der Waals surface area (Å²) < 4.78 is 0. The van der Waals surface area contributed by atoms with E-state index in [4.69, 9.17) is 5.11 Å². The molecule has 3 nitrogen and oxygen atoms in total. The minimum atomic E-state index is 0.185. The van der Waals surface area contributed by atoms with E-state index in [1.807, 2.05) is 25.4 Å². The Morgan fingerprint density at radius 3 is 2.69 bits per heavy atom. The Balaban J connectivity index is 2.69. The third kappa shape index (κ3) is 2.70. The third-order valence-electron chi connectivity index (χ3n) is 2.08. The number of anilines is 1. The van der Waals surface area contributed by atoms with Gasteiger partial charge in [0.1, 0.15) is 5.82 Å². The Labute approximate surface area is 79.0 Å². The van der Waals surface area contributed by atoms with E-state index in [1.54, 1.807) is 0 Å². The summed E-state index contributed by atoms with van der Waals surface area (Å²) in [5.41, 5.74) is 1.08. The van der Waals surface area contributed by atoms with E-state index < -0.39 is 0 Å². The molecule has 0 fully saturated rings. The van der Waals surface area contributed by atoms with Gasteiger partial charge >= 0.3 is 0 Å². The quantitative estimate of drug-likeness (QED) is 0.753. The zero-order valence-electron chi connectivity index (χ0n) is 8.20. The van der Waals surface area contributed by atoms with Crippen molar-refractivity contribution < 1.29 is 5.11 Å². The van der Waals surface area contributed by atoms with Crippen LogP contribution in [0.4, 0.5) is 5.82 Å². The lowest BCUT2D eigenvalue weighted by atomic mass is 10.2. The van der Waals surface area contributed by atoms with E-state index in [2.05, 4.69) is 16.8 Å². The van der Waals surface area contributed by atoms with Gasteiger partial charge in [-0.2, -0.15) is 0 Å². The molecule has 0 atom stereocenters. The van der Waals surface area contributed by atoms with Gasteiger partial charge in [0, 0.05) is 26.4 Å². The Bertz CT molecular complexity index is 246. The molecule has 0 radical (unpaired) electrons. The van der Waals surface area contributed by atoms with E-state index in [0.29, 0.717) is 6.42 Å². The second-order valence-corrected chi connectivity index (χ2v) is 3.01. The predicted molar refractivity (Wildman–Crippen MR) is 54.0 cm³/mol. The Hall–Kier alpha value is -1.09. The number of aliphatic hydroxyl groups is 1. The number of pyridine rings is 1. The number of hydrogen-bond donors (Lipinski definition) is 1. The molecule has 3 heteroatoms. The van der Waals surface area contributed by atoms with Crippen LogP contribution in [-0.2, 0) is 6.42 Å². The van der Waals surface area contributed by atoms with Crippen LogP contribution >= 0.6 is 0 Å². The summed E-state index contributed by atoms with van der Waals surface area (Å²) in [7, 11) is 2.01. The summed E-state index contributed by atoms with van der Waals surface area (Å²) in [5, 5.41) is 8.71. The summed E-state index contributed by atoms with van der Waals surface area (Å²) >= 11 is 0. The normalized spacial score (nSPS) is 10.1. The molecule has 0 saturated heterocycles. The number of rotatable bonds is 4. The van der Waals surface area contributed by atoms with Crippen LogP contribution in [0.25, 0.3) is 0 Å². The highest BCUT2D eigenvalue weighted by Gasteiger charge is 1.98. The van der Waals surface area contributed by atoms with Crippen LogP contribution in [0.5, 0.6) is 0 Å². The maximum Gasteiger partial charge on any atom is 0.128 e. The largest absolute Gasteiger partial charge is 0.396 e. The van der Waals surface area contributed by atoms with Gasteiger partial charge < -0.3 is 10.0 Å². The predicted octanol–water partition coefficient (Wildman–Crippen LogP) is 1.07. The Morgan fingerprint density at radius 1 is 1.46 bits per heavy atom. The minimum absolute atomic E-state index is 0.185. The average Bonchev–Trinajstić information content (AvgIpc) is 2.18. The molecule has 0 aromatic carbocycles. The van der Waals surface area contributed by atoms with Crippen molar-refractivity contribution >= 4 is 5.82 Å². The van der Waals surface area contributed by atoms with Crippen molar-refractivity contribution in [3.63, 3.8) is 0 Å². The fraction of sp³-hybridized carbons (Fsp3) is 0.500. The lowest BCUT2D eigenvalue weighted by Crippen LogP contribution is -2.16. The van der Waals surface area contributed by atoms with E-state index in [9.17, 15) is 0 Å². The molecule has 1 rings (SSSR count). The maximum atomic E-state index is 8.71. The molecule has 72 valence electrons. The summed E-state index contributed by atoms with van der Waals surface area (Å²) in [5.74, 6) is 0.976. The molecule has 0 bridgehead atoms. The van der Waals surface area contributed by atoms with Crippen LogP contribution in [0, 0.1) is 0 Å². The molecule has 1 aromatic rings. The third-order valence-corrected chi connectivity index (χ3v) is 2.08. The number of hydrogen-bond acceptors (Lipinski definition) is 3. The first-order valence-corrected chi connectivity index (χ1v) is 4.55. The molecule has 1 aromatic heterocycles. The highest BCUT2D eigenvalue weighted by atomic mass is 16.2. The van der Waals surface area contributed by atoms with Crippen molar-refractivity contribution in [1.29, 1.82) is 0 Å². The molecule has 0 amide bonds. The number of aliphatic hydroxyl groups excluding tert-OH is 1. The summed E-state index contributed by atoms with van der Waals surface area (Å²) in [6, 6.07) is 3.99. The molecular formula is C10H16N2O. The summed E-state index contributed by atoms with van der Waals surface area (Å²) in [6.45, 7) is 3.22. The summed E-state index contributed by atoms with van der Waals surface area (Å²) in [4.78, 5) is 6.36. The van der Waals surface area contributed by atoms with E-state index in [0.717, 1.165) is 17.9 Å². The monoisotopic (exact) mass is 180 g/mol. The van der Waals surface area contributed by atoms with Gasteiger partial charge in [-0.15, -0.1) is 0 Å². The minimum Gasteiger partial charge on any atom is -0.396 e. The second-order valence-electron chi connectivity index (χ2n) is 3.01. The lowest BCUT2D eigenvalue weighted by molar-refractivity contribution is 0.299. The highest BCUT2D eigenvalue weighted by Crippen LogP contribution is 2.09. The van der Waals surface area contributed by atoms with Crippen LogP contribution in [0.15, 0.2) is 18.3 Å². The molecule has 0 spiro atoms. The topological polar surface area (TPSA) is 36.4 Å². The fourth-order valence-electron chi connectivity index (χ4n) is 1.08. The lowest BCUT2D eigenvalue weighted by Gasteiger charge is -2.15. The van der Waals surface area contributed by atoms with Gasteiger partial charge in [-0.1, -0.05) is 6.07 Å². The Morgan fingerprint density at radius 2 is 2.23 bits per heavy atom. The van der Waals surface area contributed by atoms with E-state index in [1.165, 1.54) is 0 Å². The second kappa shape index (κ2) is 4.82. The zero-order valence-corrected chi connectivity index (χ0v) is 8.20. The zero-order chi connectivity index (χ0) is 9.68. The van der Waals surface area contributed by atoms with Gasteiger partial charge in [0.2, 0.25) is 0 Å². The molecule has 0 aliphatic heterocycles. The number of aromatic nitrogens is 1. The number of nitrogens with zero attached hydrogens (tertiary/aromatic N) is 2. The van der Waals surface area contributed by atoms with Gasteiger partial charge in [0.25, 0.3) is 0 Å².